The monoisotopic (exact) mass is 296 g/mol. The lowest BCUT2D eigenvalue weighted by Crippen LogP contribution is -2.59. The third-order valence-electron chi connectivity index (χ3n) is 5.12. The maximum atomic E-state index is 13.9. The standard InChI is InChI=1S/C17H26F2N2/c1-3-17(4-2,21-10-5-6-11-21)15(20)12-13-8-7-9-14(18)16(13)19/h7-9,15H,3-6,10-12,20H2,1-2H3. The van der Waals surface area contributed by atoms with Crippen LogP contribution in [0.3, 0.4) is 0 Å². The molecule has 4 heteroatoms. The molecule has 1 aromatic rings. The summed E-state index contributed by atoms with van der Waals surface area (Å²) < 4.78 is 27.3. The highest BCUT2D eigenvalue weighted by molar-refractivity contribution is 5.21. The van der Waals surface area contributed by atoms with Gasteiger partial charge in [-0.25, -0.2) is 8.78 Å². The first-order chi connectivity index (χ1) is 10.0. The highest BCUT2D eigenvalue weighted by atomic mass is 19.2. The number of hydrogen-bond donors (Lipinski definition) is 1. The van der Waals surface area contributed by atoms with E-state index in [0.717, 1.165) is 32.0 Å². The average Bonchev–Trinajstić information content (AvgIpc) is 3.00. The Balaban J connectivity index is 2.22. The Morgan fingerprint density at radius 2 is 1.81 bits per heavy atom. The van der Waals surface area contributed by atoms with Gasteiger partial charge in [-0.05, 0) is 56.8 Å². The van der Waals surface area contributed by atoms with Crippen LogP contribution in [0.1, 0.15) is 45.1 Å². The van der Waals surface area contributed by atoms with Crippen molar-refractivity contribution in [3.05, 3.63) is 35.4 Å². The molecule has 0 amide bonds. The average molecular weight is 296 g/mol. The van der Waals surface area contributed by atoms with Crippen molar-refractivity contribution in [2.45, 2.75) is 57.5 Å². The van der Waals surface area contributed by atoms with Crippen LogP contribution in [0.25, 0.3) is 0 Å². The summed E-state index contributed by atoms with van der Waals surface area (Å²) in [5, 5.41) is 0. The van der Waals surface area contributed by atoms with Gasteiger partial charge in [0.25, 0.3) is 0 Å². The molecule has 1 saturated heterocycles. The first kappa shape index (κ1) is 16.4. The van der Waals surface area contributed by atoms with E-state index in [1.807, 2.05) is 0 Å². The van der Waals surface area contributed by atoms with Gasteiger partial charge in [-0.15, -0.1) is 0 Å². The summed E-state index contributed by atoms with van der Waals surface area (Å²) in [5.41, 5.74) is 6.74. The second-order valence-corrected chi connectivity index (χ2v) is 6.03. The minimum absolute atomic E-state index is 0.116. The summed E-state index contributed by atoms with van der Waals surface area (Å²) in [6, 6.07) is 4.15. The van der Waals surface area contributed by atoms with Crippen molar-refractivity contribution in [1.29, 1.82) is 0 Å². The Labute approximate surface area is 126 Å². The van der Waals surface area contributed by atoms with Crippen molar-refractivity contribution in [3.63, 3.8) is 0 Å². The first-order valence-electron chi connectivity index (χ1n) is 7.98. The molecule has 2 rings (SSSR count). The van der Waals surface area contributed by atoms with Gasteiger partial charge in [0.1, 0.15) is 0 Å². The van der Waals surface area contributed by atoms with Gasteiger partial charge in [0.15, 0.2) is 11.6 Å². The van der Waals surface area contributed by atoms with Crippen LogP contribution >= 0.6 is 0 Å². The molecule has 1 aliphatic rings. The van der Waals surface area contributed by atoms with Crippen molar-refractivity contribution in [3.8, 4) is 0 Å². The molecule has 1 heterocycles. The van der Waals surface area contributed by atoms with Crippen LogP contribution in [0.5, 0.6) is 0 Å². The van der Waals surface area contributed by atoms with Crippen LogP contribution in [0.15, 0.2) is 18.2 Å². The molecule has 1 atom stereocenters. The molecular weight excluding hydrogens is 270 g/mol. The second kappa shape index (κ2) is 6.84. The van der Waals surface area contributed by atoms with Crippen LogP contribution in [-0.4, -0.2) is 29.6 Å². The maximum absolute atomic E-state index is 13.9. The second-order valence-electron chi connectivity index (χ2n) is 6.03. The van der Waals surface area contributed by atoms with Gasteiger partial charge in [-0.1, -0.05) is 26.0 Å². The van der Waals surface area contributed by atoms with Crippen LogP contribution in [0, 0.1) is 11.6 Å². The minimum atomic E-state index is -0.792. The molecule has 2 N–H and O–H groups in total. The zero-order valence-electron chi connectivity index (χ0n) is 13.0. The van der Waals surface area contributed by atoms with Gasteiger partial charge in [0.05, 0.1) is 0 Å². The summed E-state index contributed by atoms with van der Waals surface area (Å²) >= 11 is 0. The van der Waals surface area contributed by atoms with Gasteiger partial charge in [0.2, 0.25) is 0 Å². The van der Waals surface area contributed by atoms with Gasteiger partial charge in [0, 0.05) is 11.6 Å². The lowest BCUT2D eigenvalue weighted by atomic mass is 9.80. The number of likely N-dealkylation sites (tertiary alicyclic amines) is 1. The van der Waals surface area contributed by atoms with Crippen molar-refractivity contribution in [2.24, 2.45) is 5.73 Å². The Morgan fingerprint density at radius 1 is 1.19 bits per heavy atom. The Kier molecular flexibility index (Phi) is 5.33. The summed E-state index contributed by atoms with van der Waals surface area (Å²) in [4.78, 5) is 2.45. The van der Waals surface area contributed by atoms with Crippen LogP contribution in [0.4, 0.5) is 8.78 Å². The maximum Gasteiger partial charge on any atom is 0.162 e. The molecule has 0 spiro atoms. The highest BCUT2D eigenvalue weighted by Gasteiger charge is 2.40. The lowest BCUT2D eigenvalue weighted by Gasteiger charge is -2.45. The predicted octanol–water partition coefficient (Wildman–Crippen LogP) is 3.49. The van der Waals surface area contributed by atoms with Crippen molar-refractivity contribution in [2.75, 3.05) is 13.1 Å². The zero-order chi connectivity index (χ0) is 15.5. The molecule has 0 radical (unpaired) electrons. The summed E-state index contributed by atoms with van der Waals surface area (Å²) in [6.45, 7) is 6.40. The largest absolute Gasteiger partial charge is 0.326 e. The third-order valence-corrected chi connectivity index (χ3v) is 5.12. The molecule has 1 aromatic carbocycles. The van der Waals surface area contributed by atoms with E-state index in [4.69, 9.17) is 5.73 Å². The minimum Gasteiger partial charge on any atom is -0.326 e. The van der Waals surface area contributed by atoms with Gasteiger partial charge < -0.3 is 5.73 Å². The van der Waals surface area contributed by atoms with E-state index >= 15 is 0 Å². The molecular formula is C17H26F2N2. The van der Waals surface area contributed by atoms with E-state index in [9.17, 15) is 8.78 Å². The van der Waals surface area contributed by atoms with E-state index in [-0.39, 0.29) is 11.6 Å². The van der Waals surface area contributed by atoms with E-state index < -0.39 is 11.6 Å². The highest BCUT2D eigenvalue weighted by Crippen LogP contribution is 2.32. The molecule has 0 aromatic heterocycles. The number of nitrogens with zero attached hydrogens (tertiary/aromatic N) is 1. The normalized spacial score (nSPS) is 18.1. The number of nitrogens with two attached hydrogens (primary N) is 1. The summed E-state index contributed by atoms with van der Waals surface area (Å²) in [6.07, 6.45) is 4.64. The van der Waals surface area contributed by atoms with Gasteiger partial charge >= 0.3 is 0 Å². The fourth-order valence-electron chi connectivity index (χ4n) is 3.75. The number of hydrogen-bond acceptors (Lipinski definition) is 2. The van der Waals surface area contributed by atoms with E-state index in [1.165, 1.54) is 12.8 Å². The molecule has 118 valence electrons. The Bertz CT molecular complexity index is 466. The van der Waals surface area contributed by atoms with Crippen molar-refractivity contribution in [1.82, 2.24) is 4.90 Å². The van der Waals surface area contributed by atoms with Gasteiger partial charge in [-0.3, -0.25) is 4.90 Å². The molecule has 0 aliphatic carbocycles. The number of rotatable bonds is 6. The SMILES string of the molecule is CCC(CC)(C(N)Cc1cccc(F)c1F)N1CCCC1. The molecule has 0 saturated carbocycles. The topological polar surface area (TPSA) is 29.3 Å². The van der Waals surface area contributed by atoms with E-state index in [2.05, 4.69) is 18.7 Å². The fraction of sp³-hybridized carbons (Fsp3) is 0.647. The fourth-order valence-corrected chi connectivity index (χ4v) is 3.75. The molecule has 1 unspecified atom stereocenters. The van der Waals surface area contributed by atoms with E-state index in [0.29, 0.717) is 12.0 Å². The number of benzene rings is 1. The first-order valence-corrected chi connectivity index (χ1v) is 7.98. The third kappa shape index (κ3) is 3.11. The smallest absolute Gasteiger partial charge is 0.162 e. The Hall–Kier alpha value is -1.00. The molecule has 2 nitrogen and oxygen atoms in total. The molecule has 1 fully saturated rings. The zero-order valence-corrected chi connectivity index (χ0v) is 13.0. The number of halogens is 2. The summed E-state index contributed by atoms with van der Waals surface area (Å²) in [5.74, 6) is -1.55. The quantitative estimate of drug-likeness (QED) is 0.870. The molecule has 0 bridgehead atoms. The van der Waals surface area contributed by atoms with E-state index in [1.54, 1.807) is 12.1 Å². The molecule has 1 aliphatic heterocycles. The Morgan fingerprint density at radius 3 is 2.38 bits per heavy atom. The van der Waals surface area contributed by atoms with Crippen molar-refractivity contribution >= 4 is 0 Å². The van der Waals surface area contributed by atoms with Crippen LogP contribution in [0.2, 0.25) is 0 Å². The lowest BCUT2D eigenvalue weighted by molar-refractivity contribution is 0.0765. The van der Waals surface area contributed by atoms with Gasteiger partial charge in [-0.2, -0.15) is 0 Å². The summed E-state index contributed by atoms with van der Waals surface area (Å²) in [7, 11) is 0. The van der Waals surface area contributed by atoms with Crippen LogP contribution in [-0.2, 0) is 6.42 Å². The predicted molar refractivity (Wildman–Crippen MR) is 82.2 cm³/mol. The molecule has 21 heavy (non-hydrogen) atoms. The van der Waals surface area contributed by atoms with Crippen molar-refractivity contribution < 1.29 is 8.78 Å². The van der Waals surface area contributed by atoms with Crippen LogP contribution < -0.4 is 5.73 Å².